The van der Waals surface area contributed by atoms with E-state index in [1.807, 2.05) is 6.92 Å². The fraction of sp³-hybridized carbons (Fsp3) is 0.727. The molecule has 0 bridgehead atoms. The average molecular weight is 212 g/mol. The number of allylic oxidation sites excluding steroid dienone is 1. The van der Waals surface area contributed by atoms with Gasteiger partial charge in [0.15, 0.2) is 0 Å². The van der Waals surface area contributed by atoms with Crippen LogP contribution in [0.2, 0.25) is 19.6 Å². The zero-order valence-electron chi connectivity index (χ0n) is 9.81. The van der Waals surface area contributed by atoms with Crippen molar-refractivity contribution >= 4 is 14.4 Å². The Hall–Kier alpha value is -0.573. The third-order valence-corrected chi connectivity index (χ3v) is 4.65. The van der Waals surface area contributed by atoms with E-state index in [4.69, 9.17) is 4.74 Å². The van der Waals surface area contributed by atoms with Gasteiger partial charge < -0.3 is 9.53 Å². The van der Waals surface area contributed by atoms with Crippen LogP contribution in [0.25, 0.3) is 0 Å². The van der Waals surface area contributed by atoms with Crippen LogP contribution in [0.15, 0.2) is 11.0 Å². The minimum absolute atomic E-state index is 0.112. The number of carbonyl (C=O) groups excluding carboxylic acids is 1. The molecule has 80 valence electrons. The van der Waals surface area contributed by atoms with Crippen LogP contribution in [0.5, 0.6) is 0 Å². The largest absolute Gasteiger partial charge is 0.506 e. The molecule has 0 aliphatic heterocycles. The molecule has 0 aromatic rings. The summed E-state index contributed by atoms with van der Waals surface area (Å²) < 4.78 is 5.48. The molecule has 0 aromatic heterocycles. The van der Waals surface area contributed by atoms with Gasteiger partial charge in [-0.3, -0.25) is 0 Å². The van der Waals surface area contributed by atoms with Crippen molar-refractivity contribution in [3.05, 3.63) is 11.0 Å². The Kier molecular flexibility index (Phi) is 2.90. The summed E-state index contributed by atoms with van der Waals surface area (Å²) in [6, 6.07) is 0. The zero-order chi connectivity index (χ0) is 11.0. The van der Waals surface area contributed by atoms with Crippen molar-refractivity contribution in [1.82, 2.24) is 0 Å². The van der Waals surface area contributed by atoms with E-state index in [0.717, 1.165) is 19.1 Å². The van der Waals surface area contributed by atoms with Crippen LogP contribution >= 0.6 is 0 Å². The van der Waals surface area contributed by atoms with Gasteiger partial charge in [-0.25, -0.2) is 0 Å². The second-order valence-electron chi connectivity index (χ2n) is 5.51. The SMILES string of the molecule is COC(=C1CC(C)(C=O)C1)[Si](C)(C)C. The summed E-state index contributed by atoms with van der Waals surface area (Å²) in [7, 11) is 0.394. The van der Waals surface area contributed by atoms with Crippen LogP contribution < -0.4 is 0 Å². The van der Waals surface area contributed by atoms with Gasteiger partial charge in [-0.2, -0.15) is 0 Å². The smallest absolute Gasteiger partial charge is 0.126 e. The van der Waals surface area contributed by atoms with E-state index in [1.54, 1.807) is 7.11 Å². The van der Waals surface area contributed by atoms with Crippen LogP contribution in [0.3, 0.4) is 0 Å². The monoisotopic (exact) mass is 212 g/mol. The van der Waals surface area contributed by atoms with Gasteiger partial charge in [-0.15, -0.1) is 0 Å². The first kappa shape index (κ1) is 11.5. The molecule has 1 saturated carbocycles. The van der Waals surface area contributed by atoms with Crippen molar-refractivity contribution < 1.29 is 9.53 Å². The molecule has 0 N–H and O–H groups in total. The predicted molar refractivity (Wildman–Crippen MR) is 60.8 cm³/mol. The van der Waals surface area contributed by atoms with Crippen molar-refractivity contribution in [3.8, 4) is 0 Å². The lowest BCUT2D eigenvalue weighted by atomic mass is 9.68. The summed E-state index contributed by atoms with van der Waals surface area (Å²) in [5.74, 6) is 0. The van der Waals surface area contributed by atoms with Gasteiger partial charge in [0.05, 0.1) is 12.5 Å². The van der Waals surface area contributed by atoms with E-state index in [9.17, 15) is 4.79 Å². The van der Waals surface area contributed by atoms with Gasteiger partial charge in [0.2, 0.25) is 0 Å². The highest BCUT2D eigenvalue weighted by Gasteiger charge is 2.40. The molecule has 0 amide bonds. The summed E-state index contributed by atoms with van der Waals surface area (Å²) in [4.78, 5) is 10.8. The zero-order valence-corrected chi connectivity index (χ0v) is 10.8. The van der Waals surface area contributed by atoms with E-state index in [1.165, 1.54) is 11.0 Å². The summed E-state index contributed by atoms with van der Waals surface area (Å²) >= 11 is 0. The average Bonchev–Trinajstić information content (AvgIpc) is 1.99. The molecule has 1 fully saturated rings. The standard InChI is InChI=1S/C11H20O2Si/c1-11(8-12)6-9(7-11)10(13-2)14(3,4)5/h8H,6-7H2,1-5H3. The van der Waals surface area contributed by atoms with Gasteiger partial charge in [0.25, 0.3) is 0 Å². The first-order valence-electron chi connectivity index (χ1n) is 5.05. The van der Waals surface area contributed by atoms with Crippen LogP contribution in [0, 0.1) is 5.41 Å². The molecule has 1 aliphatic carbocycles. The maximum atomic E-state index is 10.8. The van der Waals surface area contributed by atoms with E-state index in [-0.39, 0.29) is 5.41 Å². The summed E-state index contributed by atoms with van der Waals surface area (Å²) in [6.45, 7) is 8.83. The fourth-order valence-corrected chi connectivity index (χ4v) is 4.00. The van der Waals surface area contributed by atoms with Crippen LogP contribution in [0.4, 0.5) is 0 Å². The van der Waals surface area contributed by atoms with E-state index < -0.39 is 8.07 Å². The number of carbonyl (C=O) groups is 1. The molecule has 0 atom stereocenters. The second kappa shape index (κ2) is 3.53. The maximum absolute atomic E-state index is 10.8. The number of methoxy groups -OCH3 is 1. The maximum Gasteiger partial charge on any atom is 0.126 e. The first-order valence-corrected chi connectivity index (χ1v) is 8.55. The normalized spacial score (nSPS) is 26.8. The minimum Gasteiger partial charge on any atom is -0.506 e. The van der Waals surface area contributed by atoms with Crippen molar-refractivity contribution in [2.45, 2.75) is 39.4 Å². The Labute approximate surface area is 87.3 Å². The molecule has 0 spiro atoms. The van der Waals surface area contributed by atoms with Crippen LogP contribution in [-0.2, 0) is 9.53 Å². The van der Waals surface area contributed by atoms with Gasteiger partial charge >= 0.3 is 0 Å². The highest BCUT2D eigenvalue weighted by molar-refractivity contribution is 6.82. The molecule has 0 saturated heterocycles. The Bertz CT molecular complexity index is 266. The number of rotatable bonds is 3. The molecule has 0 heterocycles. The molecule has 0 aromatic carbocycles. The van der Waals surface area contributed by atoms with Gasteiger partial charge in [0, 0.05) is 5.41 Å². The molecule has 0 unspecified atom stereocenters. The third kappa shape index (κ3) is 2.08. The summed E-state index contributed by atoms with van der Waals surface area (Å²) in [5, 5.41) is 1.19. The summed E-state index contributed by atoms with van der Waals surface area (Å²) in [6.07, 6.45) is 2.86. The van der Waals surface area contributed by atoms with Crippen molar-refractivity contribution in [3.63, 3.8) is 0 Å². The number of ether oxygens (including phenoxy) is 1. The van der Waals surface area contributed by atoms with Gasteiger partial charge in [-0.1, -0.05) is 26.6 Å². The quantitative estimate of drug-likeness (QED) is 0.408. The number of aldehydes is 1. The Morgan fingerprint density at radius 3 is 2.21 bits per heavy atom. The van der Waals surface area contributed by atoms with Gasteiger partial charge in [-0.05, 0) is 18.4 Å². The lowest BCUT2D eigenvalue weighted by Gasteiger charge is -2.39. The lowest BCUT2D eigenvalue weighted by molar-refractivity contribution is -0.117. The lowest BCUT2D eigenvalue weighted by Crippen LogP contribution is -2.36. The Morgan fingerprint density at radius 2 is 1.93 bits per heavy atom. The molecule has 1 aliphatic rings. The molecule has 1 rings (SSSR count). The topological polar surface area (TPSA) is 26.3 Å². The van der Waals surface area contributed by atoms with E-state index in [2.05, 4.69) is 19.6 Å². The molecular formula is C11H20O2Si. The molecule has 0 radical (unpaired) electrons. The molecular weight excluding hydrogens is 192 g/mol. The number of hydrogen-bond donors (Lipinski definition) is 0. The third-order valence-electron chi connectivity index (χ3n) is 2.73. The van der Waals surface area contributed by atoms with Crippen molar-refractivity contribution in [1.29, 1.82) is 0 Å². The number of hydrogen-bond acceptors (Lipinski definition) is 2. The predicted octanol–water partition coefficient (Wildman–Crippen LogP) is 2.76. The Balaban J connectivity index is 2.83. The first-order chi connectivity index (χ1) is 6.32. The molecule has 3 heteroatoms. The van der Waals surface area contributed by atoms with Crippen LogP contribution in [-0.4, -0.2) is 21.5 Å². The highest BCUT2D eigenvalue weighted by Crippen LogP contribution is 2.46. The molecule has 14 heavy (non-hydrogen) atoms. The fourth-order valence-electron chi connectivity index (χ4n) is 2.15. The van der Waals surface area contributed by atoms with Gasteiger partial charge in [0.1, 0.15) is 14.4 Å². The highest BCUT2D eigenvalue weighted by atomic mass is 28.3. The second-order valence-corrected chi connectivity index (χ2v) is 10.5. The Morgan fingerprint density at radius 1 is 1.43 bits per heavy atom. The molecule has 2 nitrogen and oxygen atoms in total. The van der Waals surface area contributed by atoms with Crippen LogP contribution in [0.1, 0.15) is 19.8 Å². The summed E-state index contributed by atoms with van der Waals surface area (Å²) in [5.41, 5.74) is 1.25. The van der Waals surface area contributed by atoms with E-state index >= 15 is 0 Å². The van der Waals surface area contributed by atoms with Crippen molar-refractivity contribution in [2.24, 2.45) is 5.41 Å². The van der Waals surface area contributed by atoms with Crippen molar-refractivity contribution in [2.75, 3.05) is 7.11 Å². The van der Waals surface area contributed by atoms with E-state index in [0.29, 0.717) is 0 Å². The minimum atomic E-state index is -1.35.